The van der Waals surface area contributed by atoms with Crippen molar-refractivity contribution in [3.05, 3.63) is 29.8 Å². The maximum atomic E-state index is 13.1. The van der Waals surface area contributed by atoms with Gasteiger partial charge in [0, 0.05) is 6.20 Å². The minimum atomic E-state index is -1.27. The molecule has 0 bridgehead atoms. The van der Waals surface area contributed by atoms with E-state index in [2.05, 4.69) is 4.98 Å². The number of fused-ring (bicyclic) bond motifs is 1. The van der Waals surface area contributed by atoms with Crippen molar-refractivity contribution in [2.24, 2.45) is 0 Å². The van der Waals surface area contributed by atoms with Crippen LogP contribution in [0.4, 0.5) is 10.2 Å². The number of nitrogen functional groups attached to an aromatic ring is 1. The maximum Gasteiger partial charge on any atom is 0.358 e. The number of nitrogens with two attached hydrogens (primary N) is 1. The lowest BCUT2D eigenvalue weighted by atomic mass is 10.4. The fraction of sp³-hybridized carbons (Fsp3) is 0. The first kappa shape index (κ1) is 8.49. The molecular formula is C8H6FN3O2. The van der Waals surface area contributed by atoms with Gasteiger partial charge < -0.3 is 10.8 Å². The molecule has 2 heterocycles. The molecule has 0 saturated carbocycles. The van der Waals surface area contributed by atoms with E-state index in [0.29, 0.717) is 0 Å². The molecule has 0 fully saturated rings. The fourth-order valence-corrected chi connectivity index (χ4v) is 1.21. The maximum absolute atomic E-state index is 13.1. The fourth-order valence-electron chi connectivity index (χ4n) is 1.21. The van der Waals surface area contributed by atoms with E-state index in [4.69, 9.17) is 10.8 Å². The Morgan fingerprint density at radius 3 is 2.93 bits per heavy atom. The minimum absolute atomic E-state index is 0.0769. The molecule has 0 aliphatic carbocycles. The molecule has 72 valence electrons. The second-order valence-corrected chi connectivity index (χ2v) is 2.70. The highest BCUT2D eigenvalue weighted by Gasteiger charge is 2.17. The van der Waals surface area contributed by atoms with E-state index < -0.39 is 11.8 Å². The molecule has 2 rings (SSSR count). The van der Waals surface area contributed by atoms with Crippen molar-refractivity contribution in [3.8, 4) is 0 Å². The third kappa shape index (κ3) is 1.00. The summed E-state index contributed by atoms with van der Waals surface area (Å²) in [6, 6.07) is 2.61. The lowest BCUT2D eigenvalue weighted by Gasteiger charge is -1.95. The number of imidazole rings is 1. The number of anilines is 1. The largest absolute Gasteiger partial charge is 0.476 e. The molecule has 2 aromatic heterocycles. The van der Waals surface area contributed by atoms with Crippen LogP contribution < -0.4 is 5.73 Å². The van der Waals surface area contributed by atoms with Gasteiger partial charge in [-0.2, -0.15) is 0 Å². The van der Waals surface area contributed by atoms with Crippen molar-refractivity contribution < 1.29 is 14.3 Å². The second kappa shape index (κ2) is 2.69. The van der Waals surface area contributed by atoms with Gasteiger partial charge in [-0.25, -0.2) is 14.2 Å². The molecule has 14 heavy (non-hydrogen) atoms. The average molecular weight is 195 g/mol. The molecular weight excluding hydrogens is 189 g/mol. The van der Waals surface area contributed by atoms with Crippen LogP contribution in [0, 0.1) is 5.82 Å². The van der Waals surface area contributed by atoms with E-state index in [0.717, 1.165) is 0 Å². The summed E-state index contributed by atoms with van der Waals surface area (Å²) in [4.78, 5) is 14.2. The van der Waals surface area contributed by atoms with Crippen LogP contribution in [0.2, 0.25) is 0 Å². The topological polar surface area (TPSA) is 80.6 Å². The molecule has 0 amide bonds. The van der Waals surface area contributed by atoms with Gasteiger partial charge in [-0.05, 0) is 12.1 Å². The highest BCUT2D eigenvalue weighted by Crippen LogP contribution is 2.16. The number of aromatic carboxylic acids is 1. The van der Waals surface area contributed by atoms with Gasteiger partial charge in [0.2, 0.25) is 0 Å². The lowest BCUT2D eigenvalue weighted by molar-refractivity contribution is 0.0692. The summed E-state index contributed by atoms with van der Waals surface area (Å²) in [6.45, 7) is 0. The van der Waals surface area contributed by atoms with Gasteiger partial charge in [0.25, 0.3) is 0 Å². The highest BCUT2D eigenvalue weighted by molar-refractivity contribution is 5.92. The molecule has 0 spiro atoms. The number of carboxylic acids is 1. The predicted molar refractivity (Wildman–Crippen MR) is 46.5 cm³/mol. The van der Waals surface area contributed by atoms with Crippen LogP contribution in [0.1, 0.15) is 10.5 Å². The molecule has 0 aliphatic heterocycles. The summed E-state index contributed by atoms with van der Waals surface area (Å²) in [5, 5.41) is 8.68. The normalized spacial score (nSPS) is 10.6. The van der Waals surface area contributed by atoms with Crippen molar-refractivity contribution in [3.63, 3.8) is 0 Å². The molecule has 0 saturated heterocycles. The Morgan fingerprint density at radius 1 is 1.64 bits per heavy atom. The van der Waals surface area contributed by atoms with Crippen LogP contribution in [-0.2, 0) is 0 Å². The summed E-state index contributed by atoms with van der Waals surface area (Å²) in [5.74, 6) is -1.95. The number of carbonyl (C=O) groups is 1. The molecule has 0 aromatic carbocycles. The van der Waals surface area contributed by atoms with Crippen molar-refractivity contribution >= 4 is 17.4 Å². The number of carboxylic acid groups (broad SMARTS) is 1. The highest BCUT2D eigenvalue weighted by atomic mass is 19.1. The van der Waals surface area contributed by atoms with Crippen molar-refractivity contribution in [2.45, 2.75) is 0 Å². The molecule has 5 nitrogen and oxygen atoms in total. The number of hydrogen-bond donors (Lipinski definition) is 2. The van der Waals surface area contributed by atoms with E-state index in [1.807, 2.05) is 0 Å². The predicted octanol–water partition coefficient (Wildman–Crippen LogP) is 0.754. The lowest BCUT2D eigenvalue weighted by Crippen LogP contribution is -2.02. The Kier molecular flexibility index (Phi) is 1.63. The van der Waals surface area contributed by atoms with Crippen molar-refractivity contribution in [1.29, 1.82) is 0 Å². The summed E-state index contributed by atoms with van der Waals surface area (Å²) in [7, 11) is 0. The SMILES string of the molecule is Nc1c(C(=O)O)nc2c(F)cccn12. The van der Waals surface area contributed by atoms with Gasteiger partial charge in [-0.15, -0.1) is 0 Å². The van der Waals surface area contributed by atoms with Crippen LogP contribution in [-0.4, -0.2) is 20.5 Å². The molecule has 3 N–H and O–H groups in total. The second-order valence-electron chi connectivity index (χ2n) is 2.70. The van der Waals surface area contributed by atoms with E-state index in [1.165, 1.54) is 22.7 Å². The van der Waals surface area contributed by atoms with Gasteiger partial charge in [0.1, 0.15) is 5.82 Å². The van der Waals surface area contributed by atoms with Crippen LogP contribution in [0.25, 0.3) is 5.65 Å². The summed E-state index contributed by atoms with van der Waals surface area (Å²) >= 11 is 0. The Morgan fingerprint density at radius 2 is 2.36 bits per heavy atom. The standard InChI is InChI=1S/C8H6FN3O2/c9-4-2-1-3-12-6(10)5(8(13)14)11-7(4)12/h1-3H,10H2,(H,13,14). The van der Waals surface area contributed by atoms with Gasteiger partial charge in [0.05, 0.1) is 0 Å². The molecule has 0 atom stereocenters. The van der Waals surface area contributed by atoms with E-state index >= 15 is 0 Å². The Balaban J connectivity index is 2.86. The zero-order chi connectivity index (χ0) is 10.3. The van der Waals surface area contributed by atoms with Gasteiger partial charge >= 0.3 is 5.97 Å². The van der Waals surface area contributed by atoms with Crippen molar-refractivity contribution in [1.82, 2.24) is 9.38 Å². The number of hydrogen-bond acceptors (Lipinski definition) is 3. The summed E-state index contributed by atoms with van der Waals surface area (Å²) in [6.07, 6.45) is 1.45. The van der Waals surface area contributed by atoms with Crippen LogP contribution in [0.15, 0.2) is 18.3 Å². The number of nitrogens with zero attached hydrogens (tertiary/aromatic N) is 2. The first-order valence-corrected chi connectivity index (χ1v) is 3.76. The van der Waals surface area contributed by atoms with E-state index in [9.17, 15) is 9.18 Å². The molecule has 2 aromatic rings. The number of halogens is 1. The van der Waals surface area contributed by atoms with Gasteiger partial charge in [-0.3, -0.25) is 4.40 Å². The van der Waals surface area contributed by atoms with Gasteiger partial charge in [-0.1, -0.05) is 0 Å². The Hall–Kier alpha value is -2.11. The zero-order valence-corrected chi connectivity index (χ0v) is 6.94. The van der Waals surface area contributed by atoms with Gasteiger partial charge in [0.15, 0.2) is 17.2 Å². The molecule has 0 unspecified atom stereocenters. The first-order chi connectivity index (χ1) is 6.61. The number of rotatable bonds is 1. The quantitative estimate of drug-likeness (QED) is 0.703. The number of pyridine rings is 1. The minimum Gasteiger partial charge on any atom is -0.476 e. The Bertz CT molecular complexity index is 521. The summed E-state index contributed by atoms with van der Waals surface area (Å²) in [5.41, 5.74) is 5.04. The summed E-state index contributed by atoms with van der Waals surface area (Å²) < 4.78 is 14.3. The van der Waals surface area contributed by atoms with E-state index in [-0.39, 0.29) is 17.2 Å². The van der Waals surface area contributed by atoms with Crippen molar-refractivity contribution in [2.75, 3.05) is 5.73 Å². The molecule has 0 radical (unpaired) electrons. The van der Waals surface area contributed by atoms with Crippen LogP contribution in [0.3, 0.4) is 0 Å². The average Bonchev–Trinajstić information content (AvgIpc) is 2.46. The molecule has 6 heteroatoms. The smallest absolute Gasteiger partial charge is 0.358 e. The molecule has 0 aliphatic rings. The third-order valence-corrected chi connectivity index (χ3v) is 1.84. The van der Waals surface area contributed by atoms with E-state index in [1.54, 1.807) is 0 Å². The monoisotopic (exact) mass is 195 g/mol. The first-order valence-electron chi connectivity index (χ1n) is 3.76. The zero-order valence-electron chi connectivity index (χ0n) is 6.94. The Labute approximate surface area is 77.6 Å². The third-order valence-electron chi connectivity index (χ3n) is 1.84. The van der Waals surface area contributed by atoms with Crippen LogP contribution in [0.5, 0.6) is 0 Å². The van der Waals surface area contributed by atoms with Crippen LogP contribution >= 0.6 is 0 Å². The number of aromatic nitrogens is 2.